The Balaban J connectivity index is 0.000000500. The van der Waals surface area contributed by atoms with Crippen LogP contribution in [0.25, 0.3) is 0 Å². The van der Waals surface area contributed by atoms with Crippen molar-refractivity contribution in [3.05, 3.63) is 29.8 Å². The number of rotatable bonds is 0. The molecule has 3 nitrogen and oxygen atoms in total. The van der Waals surface area contributed by atoms with Crippen molar-refractivity contribution >= 4 is 0 Å². The van der Waals surface area contributed by atoms with E-state index in [1.54, 1.807) is 0 Å². The van der Waals surface area contributed by atoms with Gasteiger partial charge in [0.2, 0.25) is 0 Å². The summed E-state index contributed by atoms with van der Waals surface area (Å²) < 4.78 is 35.6. The van der Waals surface area contributed by atoms with Gasteiger partial charge in [0.1, 0.15) is 5.75 Å². The molecule has 0 saturated heterocycles. The Morgan fingerprint density at radius 1 is 1.29 bits per heavy atom. The fraction of sp³-hybridized carbons (Fsp3) is 0.125. The highest BCUT2D eigenvalue weighted by Gasteiger charge is 2.30. The minimum Gasteiger partial charge on any atom is -0.508 e. The predicted octanol–water partition coefficient (Wildman–Crippen LogP) is 2.25. The molecule has 76 valence electrons. The molecule has 0 amide bonds. The molecule has 0 spiro atoms. The number of aliphatic hydroxyl groups is 1. The van der Waals surface area contributed by atoms with Crippen LogP contribution in [0.1, 0.15) is 5.56 Å². The molecule has 0 radical (unpaired) electrons. The molecule has 0 unspecified atom stereocenters. The lowest BCUT2D eigenvalue weighted by molar-refractivity contribution is -0.137. The van der Waals surface area contributed by atoms with Crippen molar-refractivity contribution in [2.45, 2.75) is 6.18 Å². The Morgan fingerprint density at radius 2 is 1.79 bits per heavy atom. The molecule has 1 aromatic carbocycles. The van der Waals surface area contributed by atoms with Gasteiger partial charge in [0, 0.05) is 0 Å². The van der Waals surface area contributed by atoms with E-state index in [2.05, 4.69) is 0 Å². The first-order valence-corrected chi connectivity index (χ1v) is 3.31. The lowest BCUT2D eigenvalue weighted by Crippen LogP contribution is -2.03. The zero-order valence-electron chi connectivity index (χ0n) is 6.78. The van der Waals surface area contributed by atoms with Crippen LogP contribution in [-0.2, 0) is 6.18 Å². The fourth-order valence-corrected chi connectivity index (χ4v) is 0.682. The minimum absolute atomic E-state index is 0.375. The first kappa shape index (κ1) is 12.1. The number of nitriles is 1. The zero-order chi connectivity index (χ0) is 11.2. The van der Waals surface area contributed by atoms with Crippen LogP contribution < -0.4 is 0 Å². The Hall–Kier alpha value is -1.90. The van der Waals surface area contributed by atoms with Gasteiger partial charge < -0.3 is 10.2 Å². The number of phenolic OH excluding ortho intramolecular Hbond substituents is 1. The number of alkyl halides is 3. The van der Waals surface area contributed by atoms with Crippen LogP contribution in [0.2, 0.25) is 0 Å². The maximum absolute atomic E-state index is 11.9. The summed E-state index contributed by atoms with van der Waals surface area (Å²) in [6, 6.07) is 3.92. The SMILES string of the molecule is N#CO.Oc1cccc(C(F)(F)F)c1. The van der Waals surface area contributed by atoms with Gasteiger partial charge in [-0.05, 0) is 18.2 Å². The lowest BCUT2D eigenvalue weighted by Gasteiger charge is -2.05. The van der Waals surface area contributed by atoms with Crippen LogP contribution in [0.3, 0.4) is 0 Å². The van der Waals surface area contributed by atoms with Gasteiger partial charge in [0.25, 0.3) is 6.26 Å². The van der Waals surface area contributed by atoms with Crippen LogP contribution >= 0.6 is 0 Å². The second-order valence-electron chi connectivity index (χ2n) is 2.15. The molecular weight excluding hydrogens is 199 g/mol. The third-order valence-corrected chi connectivity index (χ3v) is 1.17. The molecule has 0 aliphatic rings. The molecule has 1 aromatic rings. The summed E-state index contributed by atoms with van der Waals surface area (Å²) in [6.45, 7) is 0. The summed E-state index contributed by atoms with van der Waals surface area (Å²) in [5, 5.41) is 22.4. The van der Waals surface area contributed by atoms with Crippen molar-refractivity contribution in [2.24, 2.45) is 0 Å². The monoisotopic (exact) mass is 205 g/mol. The van der Waals surface area contributed by atoms with Crippen molar-refractivity contribution < 1.29 is 23.4 Å². The first-order chi connectivity index (χ1) is 6.41. The van der Waals surface area contributed by atoms with E-state index in [9.17, 15) is 13.2 Å². The van der Waals surface area contributed by atoms with E-state index in [0.717, 1.165) is 18.4 Å². The van der Waals surface area contributed by atoms with Crippen LogP contribution in [0.5, 0.6) is 5.75 Å². The van der Waals surface area contributed by atoms with Gasteiger partial charge in [0.05, 0.1) is 5.56 Å². The summed E-state index contributed by atoms with van der Waals surface area (Å²) in [5.41, 5.74) is -0.836. The number of aliphatic hydroxyl groups excluding tert-OH is 1. The molecule has 14 heavy (non-hydrogen) atoms. The van der Waals surface area contributed by atoms with E-state index in [1.165, 1.54) is 6.07 Å². The van der Waals surface area contributed by atoms with Gasteiger partial charge in [-0.25, -0.2) is 0 Å². The molecule has 0 heterocycles. The quantitative estimate of drug-likeness (QED) is 0.638. The van der Waals surface area contributed by atoms with Gasteiger partial charge in [-0.1, -0.05) is 6.07 Å². The van der Waals surface area contributed by atoms with E-state index in [1.807, 2.05) is 0 Å². The highest BCUT2D eigenvalue weighted by Crippen LogP contribution is 2.30. The topological polar surface area (TPSA) is 64.2 Å². The molecule has 2 N–H and O–H groups in total. The normalized spacial score (nSPS) is 9.57. The van der Waals surface area contributed by atoms with E-state index >= 15 is 0 Å². The second kappa shape index (κ2) is 4.97. The van der Waals surface area contributed by atoms with Crippen molar-refractivity contribution in [1.29, 1.82) is 5.26 Å². The van der Waals surface area contributed by atoms with Gasteiger partial charge in [-0.15, -0.1) is 0 Å². The van der Waals surface area contributed by atoms with Crippen molar-refractivity contribution in [3.63, 3.8) is 0 Å². The Kier molecular flexibility index (Phi) is 4.29. The van der Waals surface area contributed by atoms with Crippen LogP contribution in [0, 0.1) is 11.5 Å². The van der Waals surface area contributed by atoms with Crippen molar-refractivity contribution in [1.82, 2.24) is 0 Å². The van der Waals surface area contributed by atoms with Gasteiger partial charge >= 0.3 is 6.18 Å². The van der Waals surface area contributed by atoms with E-state index in [-0.39, 0.29) is 5.75 Å². The lowest BCUT2D eigenvalue weighted by atomic mass is 10.2. The van der Waals surface area contributed by atoms with E-state index in [4.69, 9.17) is 15.5 Å². The summed E-state index contributed by atoms with van der Waals surface area (Å²) in [4.78, 5) is 0. The summed E-state index contributed by atoms with van der Waals surface area (Å²) in [6.07, 6.45) is -3.63. The predicted molar refractivity (Wildman–Crippen MR) is 40.7 cm³/mol. The molecule has 6 heteroatoms. The fourth-order valence-electron chi connectivity index (χ4n) is 0.682. The third kappa shape index (κ3) is 4.21. The summed E-state index contributed by atoms with van der Waals surface area (Å²) in [7, 11) is 0. The van der Waals surface area contributed by atoms with Gasteiger partial charge in [-0.3, -0.25) is 0 Å². The number of phenols is 1. The Bertz CT molecular complexity index is 330. The average Bonchev–Trinajstić information content (AvgIpc) is 2.04. The Morgan fingerprint density at radius 3 is 2.07 bits per heavy atom. The first-order valence-electron chi connectivity index (χ1n) is 3.31. The minimum atomic E-state index is -4.38. The number of hydrogen-bond acceptors (Lipinski definition) is 3. The summed E-state index contributed by atoms with van der Waals surface area (Å²) >= 11 is 0. The molecule has 0 saturated carbocycles. The number of aromatic hydroxyl groups is 1. The molecule has 0 atom stereocenters. The smallest absolute Gasteiger partial charge is 0.416 e. The standard InChI is InChI=1S/C7H5F3O.CHNO/c8-7(9,10)5-2-1-3-6(11)4-5;2-1-3/h1-4,11H;3H. The van der Waals surface area contributed by atoms with Crippen LogP contribution in [0.4, 0.5) is 13.2 Å². The van der Waals surface area contributed by atoms with Gasteiger partial charge in [-0.2, -0.15) is 18.4 Å². The molecular formula is C8H6F3NO2. The highest BCUT2D eigenvalue weighted by molar-refractivity contribution is 5.28. The van der Waals surface area contributed by atoms with Crippen molar-refractivity contribution in [2.75, 3.05) is 0 Å². The number of halogens is 3. The maximum Gasteiger partial charge on any atom is 0.416 e. The molecule has 0 aromatic heterocycles. The zero-order valence-corrected chi connectivity index (χ0v) is 6.78. The average molecular weight is 205 g/mol. The largest absolute Gasteiger partial charge is 0.508 e. The third-order valence-electron chi connectivity index (χ3n) is 1.17. The number of hydrogen-bond donors (Lipinski definition) is 2. The summed E-state index contributed by atoms with van der Waals surface area (Å²) in [5.74, 6) is -0.375. The van der Waals surface area contributed by atoms with E-state index < -0.39 is 11.7 Å². The molecule has 0 aliphatic heterocycles. The molecule has 1 rings (SSSR count). The second-order valence-corrected chi connectivity index (χ2v) is 2.15. The number of nitrogens with zero attached hydrogens (tertiary/aromatic N) is 1. The van der Waals surface area contributed by atoms with E-state index in [0.29, 0.717) is 6.07 Å². The molecule has 0 bridgehead atoms. The van der Waals surface area contributed by atoms with Gasteiger partial charge in [0.15, 0.2) is 0 Å². The molecule has 0 aliphatic carbocycles. The van der Waals surface area contributed by atoms with Crippen LogP contribution in [0.15, 0.2) is 24.3 Å². The highest BCUT2D eigenvalue weighted by atomic mass is 19.4. The molecule has 0 fully saturated rings. The number of benzene rings is 1. The van der Waals surface area contributed by atoms with Crippen LogP contribution in [-0.4, -0.2) is 10.2 Å². The maximum atomic E-state index is 11.9. The Labute approximate surface area is 77.6 Å². The van der Waals surface area contributed by atoms with Crippen molar-refractivity contribution in [3.8, 4) is 12.0 Å².